The van der Waals surface area contributed by atoms with Gasteiger partial charge < -0.3 is 10.2 Å². The number of carbonyl (C=O) groups is 2. The normalized spacial score (nSPS) is 20.7. The lowest BCUT2D eigenvalue weighted by Gasteiger charge is -2.23. The first-order chi connectivity index (χ1) is 12.7. The number of amides is 2. The molecular formula is C19H22N4O2S. The van der Waals surface area contributed by atoms with Crippen LogP contribution in [0.5, 0.6) is 0 Å². The van der Waals surface area contributed by atoms with Crippen LogP contribution in [0, 0.1) is 5.92 Å². The quantitative estimate of drug-likeness (QED) is 0.878. The van der Waals surface area contributed by atoms with Crippen molar-refractivity contribution < 1.29 is 9.59 Å². The van der Waals surface area contributed by atoms with Gasteiger partial charge in [0, 0.05) is 25.4 Å². The number of nitrogens with one attached hydrogen (secondary N) is 1. The highest BCUT2D eigenvalue weighted by Gasteiger charge is 2.38. The van der Waals surface area contributed by atoms with Crippen LogP contribution in [-0.4, -0.2) is 39.5 Å². The number of hydrogen-bond acceptors (Lipinski definition) is 5. The Labute approximate surface area is 156 Å². The van der Waals surface area contributed by atoms with Gasteiger partial charge in [-0.3, -0.25) is 9.59 Å². The summed E-state index contributed by atoms with van der Waals surface area (Å²) < 4.78 is 0. The van der Waals surface area contributed by atoms with Crippen LogP contribution >= 0.6 is 11.3 Å². The number of aromatic nitrogens is 2. The lowest BCUT2D eigenvalue weighted by atomic mass is 10.1. The molecule has 1 N–H and O–H groups in total. The summed E-state index contributed by atoms with van der Waals surface area (Å²) in [5.74, 6) is -0.301. The Hall–Kier alpha value is -2.28. The van der Waals surface area contributed by atoms with E-state index in [2.05, 4.69) is 15.5 Å². The second kappa shape index (κ2) is 7.53. The summed E-state index contributed by atoms with van der Waals surface area (Å²) >= 11 is 1.39. The fourth-order valence-electron chi connectivity index (χ4n) is 3.83. The molecule has 1 aromatic carbocycles. The summed E-state index contributed by atoms with van der Waals surface area (Å²) in [5, 5.41) is 12.5. The molecule has 7 heteroatoms. The first-order valence-electron chi connectivity index (χ1n) is 9.15. The average molecular weight is 370 g/mol. The fraction of sp³-hybridized carbons (Fsp3) is 0.474. The van der Waals surface area contributed by atoms with E-state index in [0.29, 0.717) is 30.6 Å². The van der Waals surface area contributed by atoms with Gasteiger partial charge in [-0.05, 0) is 18.4 Å². The van der Waals surface area contributed by atoms with E-state index in [9.17, 15) is 9.59 Å². The monoisotopic (exact) mass is 370 g/mol. The van der Waals surface area contributed by atoms with Crippen molar-refractivity contribution in [2.24, 2.45) is 5.92 Å². The van der Waals surface area contributed by atoms with Crippen molar-refractivity contribution in [1.29, 1.82) is 0 Å². The molecule has 0 unspecified atom stereocenters. The maximum Gasteiger partial charge on any atom is 0.231 e. The highest BCUT2D eigenvalue weighted by atomic mass is 32.1. The fourth-order valence-corrected chi connectivity index (χ4v) is 4.61. The van der Waals surface area contributed by atoms with Crippen molar-refractivity contribution in [2.75, 3.05) is 11.9 Å². The molecule has 1 atom stereocenters. The standard InChI is InChI=1S/C19H22N4O2S/c24-17-11-14(12-23(17)15-8-4-5-9-15)18(25)20-19-22-21-16(26-19)10-13-6-2-1-3-7-13/h1-3,6-7,14-15H,4-5,8-12H2,(H,20,22,25)/t14-/m0/s1. The van der Waals surface area contributed by atoms with E-state index < -0.39 is 0 Å². The summed E-state index contributed by atoms with van der Waals surface area (Å²) in [5.41, 5.74) is 1.16. The third-order valence-corrected chi connectivity index (χ3v) is 6.03. The second-order valence-electron chi connectivity index (χ2n) is 7.04. The Bertz CT molecular complexity index is 786. The smallest absolute Gasteiger partial charge is 0.231 e. The topological polar surface area (TPSA) is 75.2 Å². The van der Waals surface area contributed by atoms with Crippen LogP contribution in [0.25, 0.3) is 0 Å². The number of anilines is 1. The van der Waals surface area contributed by atoms with Gasteiger partial charge in [0.25, 0.3) is 0 Å². The predicted octanol–water partition coefficient (Wildman–Crippen LogP) is 2.86. The summed E-state index contributed by atoms with van der Waals surface area (Å²) in [6, 6.07) is 10.4. The molecule has 4 rings (SSSR count). The zero-order valence-corrected chi connectivity index (χ0v) is 15.4. The van der Waals surface area contributed by atoms with Gasteiger partial charge in [0.2, 0.25) is 16.9 Å². The molecule has 0 radical (unpaired) electrons. The highest BCUT2D eigenvalue weighted by molar-refractivity contribution is 7.15. The Morgan fingerprint density at radius 3 is 2.73 bits per heavy atom. The summed E-state index contributed by atoms with van der Waals surface area (Å²) in [7, 11) is 0. The molecule has 26 heavy (non-hydrogen) atoms. The van der Waals surface area contributed by atoms with Gasteiger partial charge in [0.15, 0.2) is 0 Å². The van der Waals surface area contributed by atoms with E-state index >= 15 is 0 Å². The molecule has 1 aromatic heterocycles. The van der Waals surface area contributed by atoms with Crippen LogP contribution in [0.3, 0.4) is 0 Å². The third kappa shape index (κ3) is 3.77. The Morgan fingerprint density at radius 1 is 1.19 bits per heavy atom. The number of carbonyl (C=O) groups excluding carboxylic acids is 2. The highest BCUT2D eigenvalue weighted by Crippen LogP contribution is 2.30. The Morgan fingerprint density at radius 2 is 1.96 bits per heavy atom. The van der Waals surface area contributed by atoms with E-state index in [1.54, 1.807) is 0 Å². The van der Waals surface area contributed by atoms with Gasteiger partial charge in [-0.15, -0.1) is 10.2 Å². The molecule has 1 saturated heterocycles. The number of hydrogen-bond donors (Lipinski definition) is 1. The van der Waals surface area contributed by atoms with Gasteiger partial charge in [0.05, 0.1) is 5.92 Å². The first-order valence-corrected chi connectivity index (χ1v) is 9.97. The maximum atomic E-state index is 12.5. The molecule has 0 spiro atoms. The number of likely N-dealkylation sites (tertiary alicyclic amines) is 1. The van der Waals surface area contributed by atoms with Crippen LogP contribution in [0.1, 0.15) is 42.7 Å². The van der Waals surface area contributed by atoms with Crippen molar-refractivity contribution in [3.63, 3.8) is 0 Å². The van der Waals surface area contributed by atoms with Crippen LogP contribution in [0.15, 0.2) is 30.3 Å². The molecule has 2 fully saturated rings. The van der Waals surface area contributed by atoms with Crippen molar-refractivity contribution in [3.8, 4) is 0 Å². The molecule has 6 nitrogen and oxygen atoms in total. The molecule has 0 bridgehead atoms. The molecule has 2 heterocycles. The lowest BCUT2D eigenvalue weighted by molar-refractivity contribution is -0.129. The Kier molecular flexibility index (Phi) is 4.97. The molecule has 1 aliphatic heterocycles. The molecule has 2 aromatic rings. The minimum Gasteiger partial charge on any atom is -0.339 e. The van der Waals surface area contributed by atoms with Crippen LogP contribution in [0.2, 0.25) is 0 Å². The molecule has 2 aliphatic rings. The molecule has 136 valence electrons. The van der Waals surface area contributed by atoms with Crippen molar-refractivity contribution in [2.45, 2.75) is 44.6 Å². The SMILES string of the molecule is O=C(Nc1nnc(Cc2ccccc2)s1)[C@H]1CC(=O)N(C2CCCC2)C1. The summed E-state index contributed by atoms with van der Waals surface area (Å²) in [4.78, 5) is 26.7. The van der Waals surface area contributed by atoms with Crippen LogP contribution < -0.4 is 5.32 Å². The van der Waals surface area contributed by atoms with Crippen molar-refractivity contribution in [3.05, 3.63) is 40.9 Å². The zero-order valence-electron chi connectivity index (χ0n) is 14.6. The van der Waals surface area contributed by atoms with Gasteiger partial charge in [-0.1, -0.05) is 54.5 Å². The molecule has 2 amide bonds. The predicted molar refractivity (Wildman–Crippen MR) is 99.9 cm³/mol. The minimum absolute atomic E-state index is 0.110. The van der Waals surface area contributed by atoms with Crippen molar-refractivity contribution >= 4 is 28.3 Å². The third-order valence-electron chi connectivity index (χ3n) is 5.19. The zero-order chi connectivity index (χ0) is 17.9. The molecule has 1 saturated carbocycles. The van der Waals surface area contributed by atoms with E-state index in [0.717, 1.165) is 23.4 Å². The Balaban J connectivity index is 1.34. The number of rotatable bonds is 5. The average Bonchev–Trinajstić information content (AvgIpc) is 3.37. The van der Waals surface area contributed by atoms with Crippen LogP contribution in [0.4, 0.5) is 5.13 Å². The largest absolute Gasteiger partial charge is 0.339 e. The van der Waals surface area contributed by atoms with Crippen LogP contribution in [-0.2, 0) is 16.0 Å². The van der Waals surface area contributed by atoms with E-state index in [-0.39, 0.29) is 17.7 Å². The number of nitrogens with zero attached hydrogens (tertiary/aromatic N) is 3. The summed E-state index contributed by atoms with van der Waals surface area (Å²) in [6.07, 6.45) is 5.50. The maximum absolute atomic E-state index is 12.5. The van der Waals surface area contributed by atoms with Gasteiger partial charge in [-0.2, -0.15) is 0 Å². The van der Waals surface area contributed by atoms with E-state index in [1.165, 1.54) is 24.2 Å². The lowest BCUT2D eigenvalue weighted by Crippen LogP contribution is -2.35. The molecular weight excluding hydrogens is 348 g/mol. The second-order valence-corrected chi connectivity index (χ2v) is 8.10. The van der Waals surface area contributed by atoms with Crippen molar-refractivity contribution in [1.82, 2.24) is 15.1 Å². The minimum atomic E-state index is -0.287. The molecule has 1 aliphatic carbocycles. The number of benzene rings is 1. The summed E-state index contributed by atoms with van der Waals surface area (Å²) in [6.45, 7) is 0.533. The van der Waals surface area contributed by atoms with Gasteiger partial charge >= 0.3 is 0 Å². The van der Waals surface area contributed by atoms with E-state index in [1.807, 2.05) is 35.2 Å². The first kappa shape index (κ1) is 17.1. The van der Waals surface area contributed by atoms with Gasteiger partial charge in [0.1, 0.15) is 5.01 Å². The van der Waals surface area contributed by atoms with Gasteiger partial charge in [-0.25, -0.2) is 0 Å². The van der Waals surface area contributed by atoms with E-state index in [4.69, 9.17) is 0 Å².